The molecule has 26 heavy (non-hydrogen) atoms. The first kappa shape index (κ1) is 21.0. The standard InChI is InChI=1S/C17H20F2N4OS.HI/c18-12-3-4-13(19)14(10-12)22-17(20)21-11-15(16-2-1-9-25-16)23-5-7-24-8-6-23;/h1-4,9-10,15H,5-8,11H2,(H3,20,21,22);1H. The van der Waals surface area contributed by atoms with E-state index in [1.165, 1.54) is 4.88 Å². The van der Waals surface area contributed by atoms with Gasteiger partial charge in [0.25, 0.3) is 0 Å². The van der Waals surface area contributed by atoms with Crippen LogP contribution in [0.15, 0.2) is 40.7 Å². The van der Waals surface area contributed by atoms with E-state index in [-0.39, 0.29) is 41.7 Å². The molecule has 0 aliphatic carbocycles. The van der Waals surface area contributed by atoms with Gasteiger partial charge in [-0.2, -0.15) is 0 Å². The van der Waals surface area contributed by atoms with Crippen molar-refractivity contribution in [1.29, 1.82) is 0 Å². The van der Waals surface area contributed by atoms with E-state index in [1.54, 1.807) is 11.3 Å². The Bertz CT molecular complexity index is 724. The number of nitrogens with one attached hydrogen (secondary N) is 1. The van der Waals surface area contributed by atoms with E-state index in [9.17, 15) is 8.78 Å². The SMILES string of the molecule is I.NC(=NCC(c1cccs1)N1CCOCC1)Nc1cc(F)ccc1F. The summed E-state index contributed by atoms with van der Waals surface area (Å²) in [5.41, 5.74) is 5.84. The number of ether oxygens (including phenoxy) is 1. The summed E-state index contributed by atoms with van der Waals surface area (Å²) in [6, 6.07) is 7.31. The first-order valence-electron chi connectivity index (χ1n) is 8.00. The molecule has 2 aromatic rings. The number of morpholine rings is 1. The van der Waals surface area contributed by atoms with Crippen LogP contribution >= 0.6 is 35.3 Å². The van der Waals surface area contributed by atoms with Gasteiger partial charge in [0.15, 0.2) is 5.96 Å². The van der Waals surface area contributed by atoms with Crippen LogP contribution in [0.4, 0.5) is 14.5 Å². The van der Waals surface area contributed by atoms with Gasteiger partial charge in [-0.05, 0) is 23.6 Å². The lowest BCUT2D eigenvalue weighted by atomic mass is 10.2. The Balaban J connectivity index is 0.00000243. The number of hydrogen-bond acceptors (Lipinski definition) is 4. The first-order chi connectivity index (χ1) is 12.1. The zero-order chi connectivity index (χ0) is 17.6. The lowest BCUT2D eigenvalue weighted by molar-refractivity contribution is 0.0187. The summed E-state index contributed by atoms with van der Waals surface area (Å²) in [6.45, 7) is 3.45. The quantitative estimate of drug-likeness (QED) is 0.380. The van der Waals surface area contributed by atoms with Crippen LogP contribution in [0.1, 0.15) is 10.9 Å². The third kappa shape index (κ3) is 5.60. The van der Waals surface area contributed by atoms with Gasteiger partial charge in [0.05, 0.1) is 31.5 Å². The van der Waals surface area contributed by atoms with Crippen LogP contribution in [0, 0.1) is 11.6 Å². The highest BCUT2D eigenvalue weighted by molar-refractivity contribution is 14.0. The zero-order valence-corrected chi connectivity index (χ0v) is 17.2. The molecule has 3 N–H and O–H groups in total. The topological polar surface area (TPSA) is 62.9 Å². The molecule has 0 bridgehead atoms. The summed E-state index contributed by atoms with van der Waals surface area (Å²) in [4.78, 5) is 7.83. The van der Waals surface area contributed by atoms with E-state index < -0.39 is 11.6 Å². The molecular formula is C17H21F2IN4OS. The molecule has 1 fully saturated rings. The highest BCUT2D eigenvalue weighted by Gasteiger charge is 2.23. The third-order valence-electron chi connectivity index (χ3n) is 3.98. The van der Waals surface area contributed by atoms with Crippen molar-refractivity contribution in [2.24, 2.45) is 10.7 Å². The summed E-state index contributed by atoms with van der Waals surface area (Å²) in [6.07, 6.45) is 0. The Morgan fingerprint density at radius 1 is 1.31 bits per heavy atom. The van der Waals surface area contributed by atoms with E-state index in [1.807, 2.05) is 11.4 Å². The second-order valence-corrected chi connectivity index (χ2v) is 6.63. The number of guanidine groups is 1. The van der Waals surface area contributed by atoms with Gasteiger partial charge in [-0.15, -0.1) is 35.3 Å². The number of anilines is 1. The molecule has 142 valence electrons. The highest BCUT2D eigenvalue weighted by atomic mass is 127. The fourth-order valence-corrected chi connectivity index (χ4v) is 3.56. The smallest absolute Gasteiger partial charge is 0.193 e. The van der Waals surface area contributed by atoms with Gasteiger partial charge in [-0.3, -0.25) is 9.89 Å². The largest absolute Gasteiger partial charge is 0.379 e. The maximum absolute atomic E-state index is 13.7. The molecule has 0 radical (unpaired) electrons. The molecule has 1 aromatic carbocycles. The molecule has 1 aliphatic heterocycles. The van der Waals surface area contributed by atoms with Crippen molar-refractivity contribution in [3.63, 3.8) is 0 Å². The molecule has 5 nitrogen and oxygen atoms in total. The number of aliphatic imine (C=N–C) groups is 1. The van der Waals surface area contributed by atoms with Crippen LogP contribution in [0.3, 0.4) is 0 Å². The van der Waals surface area contributed by atoms with Crippen LogP contribution in [0.25, 0.3) is 0 Å². The number of rotatable bonds is 5. The number of thiophene rings is 1. The summed E-state index contributed by atoms with van der Waals surface area (Å²) in [5.74, 6) is -1.07. The predicted molar refractivity (Wildman–Crippen MR) is 111 cm³/mol. The summed E-state index contributed by atoms with van der Waals surface area (Å²) in [5, 5.41) is 4.65. The lowest BCUT2D eigenvalue weighted by Gasteiger charge is -2.33. The highest BCUT2D eigenvalue weighted by Crippen LogP contribution is 2.26. The van der Waals surface area contributed by atoms with E-state index in [4.69, 9.17) is 10.5 Å². The number of halogens is 3. The number of benzene rings is 1. The average molecular weight is 494 g/mol. The van der Waals surface area contributed by atoms with Crippen LogP contribution in [-0.4, -0.2) is 43.7 Å². The predicted octanol–water partition coefficient (Wildman–Crippen LogP) is 3.44. The van der Waals surface area contributed by atoms with Crippen molar-refractivity contribution >= 4 is 47.0 Å². The van der Waals surface area contributed by atoms with Gasteiger partial charge < -0.3 is 15.8 Å². The van der Waals surface area contributed by atoms with Gasteiger partial charge in [0.2, 0.25) is 0 Å². The van der Waals surface area contributed by atoms with Crippen LogP contribution in [0.2, 0.25) is 0 Å². The molecule has 1 unspecified atom stereocenters. The Labute approximate surface area is 172 Å². The van der Waals surface area contributed by atoms with Gasteiger partial charge in [0, 0.05) is 24.0 Å². The monoisotopic (exact) mass is 494 g/mol. The van der Waals surface area contributed by atoms with Crippen molar-refractivity contribution in [2.45, 2.75) is 6.04 Å². The van der Waals surface area contributed by atoms with E-state index in [0.717, 1.165) is 31.3 Å². The summed E-state index contributed by atoms with van der Waals surface area (Å²) < 4.78 is 32.3. The first-order valence-corrected chi connectivity index (χ1v) is 8.88. The van der Waals surface area contributed by atoms with Gasteiger partial charge in [-0.25, -0.2) is 8.78 Å². The van der Waals surface area contributed by atoms with E-state index >= 15 is 0 Å². The molecule has 1 aromatic heterocycles. The molecule has 0 spiro atoms. The van der Waals surface area contributed by atoms with Crippen LogP contribution in [-0.2, 0) is 4.74 Å². The van der Waals surface area contributed by atoms with Crippen molar-refractivity contribution in [3.05, 3.63) is 52.2 Å². The third-order valence-corrected chi connectivity index (χ3v) is 4.96. The maximum Gasteiger partial charge on any atom is 0.193 e. The molecule has 1 saturated heterocycles. The van der Waals surface area contributed by atoms with Crippen molar-refractivity contribution in [3.8, 4) is 0 Å². The molecular weight excluding hydrogens is 473 g/mol. The zero-order valence-electron chi connectivity index (χ0n) is 14.0. The molecule has 2 heterocycles. The molecule has 3 rings (SSSR count). The molecule has 0 saturated carbocycles. The fraction of sp³-hybridized carbons (Fsp3) is 0.353. The Morgan fingerprint density at radius 2 is 2.08 bits per heavy atom. The second kappa shape index (κ2) is 10.1. The van der Waals surface area contributed by atoms with Gasteiger partial charge in [0.1, 0.15) is 11.6 Å². The molecule has 1 aliphatic rings. The summed E-state index contributed by atoms with van der Waals surface area (Å²) >= 11 is 1.66. The number of nitrogens with zero attached hydrogens (tertiary/aromatic N) is 2. The van der Waals surface area contributed by atoms with E-state index in [2.05, 4.69) is 21.3 Å². The Morgan fingerprint density at radius 3 is 2.77 bits per heavy atom. The van der Waals surface area contributed by atoms with Crippen LogP contribution < -0.4 is 11.1 Å². The average Bonchev–Trinajstić information content (AvgIpc) is 3.14. The van der Waals surface area contributed by atoms with E-state index in [0.29, 0.717) is 19.8 Å². The van der Waals surface area contributed by atoms with Gasteiger partial charge in [-0.1, -0.05) is 6.07 Å². The van der Waals surface area contributed by atoms with Crippen molar-refractivity contribution in [2.75, 3.05) is 38.2 Å². The summed E-state index contributed by atoms with van der Waals surface area (Å²) in [7, 11) is 0. The lowest BCUT2D eigenvalue weighted by Crippen LogP contribution is -2.40. The number of hydrogen-bond donors (Lipinski definition) is 2. The van der Waals surface area contributed by atoms with Crippen molar-refractivity contribution in [1.82, 2.24) is 4.90 Å². The van der Waals surface area contributed by atoms with Crippen molar-refractivity contribution < 1.29 is 13.5 Å². The second-order valence-electron chi connectivity index (χ2n) is 5.65. The van der Waals surface area contributed by atoms with Crippen LogP contribution in [0.5, 0.6) is 0 Å². The molecule has 1 atom stereocenters. The minimum Gasteiger partial charge on any atom is -0.379 e. The minimum absolute atomic E-state index is 0. The fourth-order valence-electron chi connectivity index (χ4n) is 2.71. The van der Waals surface area contributed by atoms with Gasteiger partial charge >= 0.3 is 0 Å². The molecule has 0 amide bonds. The normalized spacial score (nSPS) is 16.8. The number of nitrogens with two attached hydrogens (primary N) is 1. The Hall–Kier alpha value is -1.30. The minimum atomic E-state index is -0.581. The molecule has 9 heteroatoms. The Kier molecular flexibility index (Phi) is 8.19. The maximum atomic E-state index is 13.7.